The standard InChI is InChI=1S/C11H13ClN4O3/c12-10-5-8(9(6-15-10)16(18)19)13-3-1-7-2-4-14-11(7)17/h5-7H,1-4H2,(H,13,15)(H,14,17). The Hall–Kier alpha value is -1.89. The van der Waals surface area contributed by atoms with Crippen LogP contribution in [0.4, 0.5) is 11.4 Å². The lowest BCUT2D eigenvalue weighted by molar-refractivity contribution is -0.384. The average Bonchev–Trinajstić information content (AvgIpc) is 2.75. The lowest BCUT2D eigenvalue weighted by Gasteiger charge is -2.09. The number of carbonyl (C=O) groups excluding carboxylic acids is 1. The average molecular weight is 285 g/mol. The van der Waals surface area contributed by atoms with Crippen molar-refractivity contribution in [2.45, 2.75) is 12.8 Å². The van der Waals surface area contributed by atoms with Crippen molar-refractivity contribution in [3.63, 3.8) is 0 Å². The van der Waals surface area contributed by atoms with E-state index in [4.69, 9.17) is 11.6 Å². The number of anilines is 1. The zero-order valence-electron chi connectivity index (χ0n) is 10.1. The van der Waals surface area contributed by atoms with E-state index >= 15 is 0 Å². The molecule has 1 amide bonds. The Bertz CT molecular complexity index is 509. The zero-order chi connectivity index (χ0) is 13.8. The summed E-state index contributed by atoms with van der Waals surface area (Å²) in [7, 11) is 0. The van der Waals surface area contributed by atoms with Gasteiger partial charge in [-0.2, -0.15) is 0 Å². The maximum absolute atomic E-state index is 11.4. The van der Waals surface area contributed by atoms with Gasteiger partial charge in [-0.25, -0.2) is 4.98 Å². The normalized spacial score (nSPS) is 18.2. The molecule has 0 spiro atoms. The third kappa shape index (κ3) is 3.31. The van der Waals surface area contributed by atoms with Gasteiger partial charge in [0.15, 0.2) is 0 Å². The van der Waals surface area contributed by atoms with Crippen LogP contribution in [0.3, 0.4) is 0 Å². The summed E-state index contributed by atoms with van der Waals surface area (Å²) in [6.45, 7) is 1.17. The molecule has 0 saturated carbocycles. The van der Waals surface area contributed by atoms with Crippen LogP contribution in [0.2, 0.25) is 5.15 Å². The van der Waals surface area contributed by atoms with Crippen molar-refractivity contribution in [2.75, 3.05) is 18.4 Å². The molecule has 2 heterocycles. The van der Waals surface area contributed by atoms with Gasteiger partial charge in [-0.15, -0.1) is 0 Å². The second kappa shape index (κ2) is 5.83. The predicted octanol–water partition coefficient (Wildman–Crippen LogP) is 1.58. The highest BCUT2D eigenvalue weighted by Gasteiger charge is 2.23. The van der Waals surface area contributed by atoms with Gasteiger partial charge in [-0.3, -0.25) is 14.9 Å². The van der Waals surface area contributed by atoms with Gasteiger partial charge in [0.2, 0.25) is 5.91 Å². The molecule has 102 valence electrons. The number of nitrogens with one attached hydrogen (secondary N) is 2. The van der Waals surface area contributed by atoms with Gasteiger partial charge in [-0.05, 0) is 12.8 Å². The fourth-order valence-electron chi connectivity index (χ4n) is 2.01. The summed E-state index contributed by atoms with van der Waals surface area (Å²) in [5.74, 6) is 0.0212. The number of amides is 1. The van der Waals surface area contributed by atoms with Crippen molar-refractivity contribution in [1.29, 1.82) is 0 Å². The summed E-state index contributed by atoms with van der Waals surface area (Å²) >= 11 is 5.71. The molecular formula is C11H13ClN4O3. The number of nitro groups is 1. The molecule has 0 bridgehead atoms. The van der Waals surface area contributed by atoms with Crippen LogP contribution < -0.4 is 10.6 Å². The molecule has 1 unspecified atom stereocenters. The van der Waals surface area contributed by atoms with E-state index in [1.54, 1.807) is 0 Å². The first-order valence-electron chi connectivity index (χ1n) is 5.89. The highest BCUT2D eigenvalue weighted by Crippen LogP contribution is 2.26. The maximum Gasteiger partial charge on any atom is 0.310 e. The van der Waals surface area contributed by atoms with E-state index in [1.807, 2.05) is 0 Å². The highest BCUT2D eigenvalue weighted by molar-refractivity contribution is 6.29. The van der Waals surface area contributed by atoms with Crippen LogP contribution in [0.1, 0.15) is 12.8 Å². The number of aromatic nitrogens is 1. The SMILES string of the molecule is O=C1NCCC1CCNc1cc(Cl)ncc1[N+](=O)[O-]. The topological polar surface area (TPSA) is 97.2 Å². The number of halogens is 1. The van der Waals surface area contributed by atoms with Crippen LogP contribution in [0.25, 0.3) is 0 Å². The van der Waals surface area contributed by atoms with Crippen LogP contribution in [-0.4, -0.2) is 28.9 Å². The lowest BCUT2D eigenvalue weighted by Crippen LogP contribution is -2.21. The van der Waals surface area contributed by atoms with Crippen LogP contribution in [0.5, 0.6) is 0 Å². The van der Waals surface area contributed by atoms with E-state index in [9.17, 15) is 14.9 Å². The smallest absolute Gasteiger partial charge is 0.310 e. The number of hydrogen-bond donors (Lipinski definition) is 2. The fraction of sp³-hybridized carbons (Fsp3) is 0.455. The third-order valence-corrected chi connectivity index (χ3v) is 3.22. The van der Waals surface area contributed by atoms with Gasteiger partial charge in [0.25, 0.3) is 0 Å². The summed E-state index contributed by atoms with van der Waals surface area (Å²) in [6.07, 6.45) is 2.55. The molecule has 1 fully saturated rings. The van der Waals surface area contributed by atoms with Crippen molar-refractivity contribution in [3.8, 4) is 0 Å². The quantitative estimate of drug-likeness (QED) is 0.486. The Morgan fingerprint density at radius 1 is 1.63 bits per heavy atom. The summed E-state index contributed by atoms with van der Waals surface area (Å²) < 4.78 is 0. The molecule has 8 heteroatoms. The molecule has 19 heavy (non-hydrogen) atoms. The molecule has 0 aromatic carbocycles. The van der Waals surface area contributed by atoms with E-state index in [0.717, 1.165) is 12.6 Å². The third-order valence-electron chi connectivity index (χ3n) is 3.02. The maximum atomic E-state index is 11.4. The number of hydrogen-bond acceptors (Lipinski definition) is 5. The van der Waals surface area contributed by atoms with E-state index < -0.39 is 4.92 Å². The first kappa shape index (κ1) is 13.5. The number of rotatable bonds is 5. The second-order valence-electron chi connectivity index (χ2n) is 4.27. The largest absolute Gasteiger partial charge is 0.379 e. The molecule has 2 N–H and O–H groups in total. The van der Waals surface area contributed by atoms with Crippen molar-refractivity contribution >= 4 is 28.9 Å². The van der Waals surface area contributed by atoms with Crippen LogP contribution in [0, 0.1) is 16.0 Å². The minimum absolute atomic E-state index is 0.0242. The molecule has 1 aliphatic rings. The fourth-order valence-corrected chi connectivity index (χ4v) is 2.17. The number of nitrogens with zero attached hydrogens (tertiary/aromatic N) is 2. The van der Waals surface area contributed by atoms with E-state index in [0.29, 0.717) is 25.2 Å². The van der Waals surface area contributed by atoms with Gasteiger partial charge in [-0.1, -0.05) is 11.6 Å². The molecule has 0 radical (unpaired) electrons. The first-order valence-corrected chi connectivity index (χ1v) is 6.27. The minimum atomic E-state index is -0.520. The highest BCUT2D eigenvalue weighted by atomic mass is 35.5. The summed E-state index contributed by atoms with van der Waals surface area (Å²) in [4.78, 5) is 25.3. The van der Waals surface area contributed by atoms with Crippen LogP contribution in [-0.2, 0) is 4.79 Å². The summed E-state index contributed by atoms with van der Waals surface area (Å²) in [6, 6.07) is 1.41. The van der Waals surface area contributed by atoms with Crippen molar-refractivity contribution in [2.24, 2.45) is 5.92 Å². The minimum Gasteiger partial charge on any atom is -0.379 e. The molecule has 2 rings (SSSR count). The van der Waals surface area contributed by atoms with Gasteiger partial charge in [0.1, 0.15) is 17.0 Å². The zero-order valence-corrected chi connectivity index (χ0v) is 10.8. The van der Waals surface area contributed by atoms with Gasteiger partial charge >= 0.3 is 5.69 Å². The van der Waals surface area contributed by atoms with E-state index in [1.165, 1.54) is 6.07 Å². The van der Waals surface area contributed by atoms with Crippen molar-refractivity contribution in [3.05, 3.63) is 27.5 Å². The second-order valence-corrected chi connectivity index (χ2v) is 4.66. The Morgan fingerprint density at radius 2 is 2.42 bits per heavy atom. The van der Waals surface area contributed by atoms with Gasteiger partial charge in [0, 0.05) is 25.1 Å². The number of carbonyl (C=O) groups is 1. The van der Waals surface area contributed by atoms with Gasteiger partial charge in [0.05, 0.1) is 4.92 Å². The molecule has 1 aromatic rings. The molecule has 1 aromatic heterocycles. The molecule has 1 aliphatic heterocycles. The van der Waals surface area contributed by atoms with Crippen LogP contribution >= 0.6 is 11.6 Å². The first-order chi connectivity index (χ1) is 9.08. The molecule has 1 saturated heterocycles. The van der Waals surface area contributed by atoms with Crippen LogP contribution in [0.15, 0.2) is 12.3 Å². The Balaban J connectivity index is 1.97. The molecular weight excluding hydrogens is 272 g/mol. The monoisotopic (exact) mass is 284 g/mol. The van der Waals surface area contributed by atoms with E-state index in [2.05, 4.69) is 15.6 Å². The predicted molar refractivity (Wildman–Crippen MR) is 70.1 cm³/mol. The molecule has 7 nitrogen and oxygen atoms in total. The number of pyridine rings is 1. The Morgan fingerprint density at radius 3 is 3.05 bits per heavy atom. The molecule has 0 aliphatic carbocycles. The lowest BCUT2D eigenvalue weighted by atomic mass is 10.0. The summed E-state index contributed by atoms with van der Waals surface area (Å²) in [5, 5.41) is 16.7. The summed E-state index contributed by atoms with van der Waals surface area (Å²) in [5.41, 5.74) is 0.198. The Labute approximate surface area is 114 Å². The molecule has 1 atom stereocenters. The van der Waals surface area contributed by atoms with E-state index in [-0.39, 0.29) is 22.7 Å². The van der Waals surface area contributed by atoms with Gasteiger partial charge < -0.3 is 10.6 Å². The van der Waals surface area contributed by atoms with Crippen molar-refractivity contribution in [1.82, 2.24) is 10.3 Å². The van der Waals surface area contributed by atoms with Crippen molar-refractivity contribution < 1.29 is 9.72 Å². The Kier molecular flexibility index (Phi) is 4.16.